The molecule has 1 aliphatic heterocycles. The molecule has 0 saturated carbocycles. The van der Waals surface area contributed by atoms with E-state index in [1.54, 1.807) is 18.9 Å². The topological polar surface area (TPSA) is 90.4 Å². The summed E-state index contributed by atoms with van der Waals surface area (Å²) in [6.45, 7) is 2.60. The van der Waals surface area contributed by atoms with E-state index in [-0.39, 0.29) is 11.9 Å². The van der Waals surface area contributed by atoms with Crippen molar-refractivity contribution in [2.24, 2.45) is 7.05 Å². The molecule has 1 amide bonds. The number of amides is 1. The van der Waals surface area contributed by atoms with Gasteiger partial charge in [0.2, 0.25) is 0 Å². The molecule has 7 heteroatoms. The third-order valence-electron chi connectivity index (χ3n) is 3.49. The van der Waals surface area contributed by atoms with E-state index in [0.717, 1.165) is 12.8 Å². The van der Waals surface area contributed by atoms with Gasteiger partial charge in [0.25, 0.3) is 5.91 Å². The number of rotatable bonds is 3. The van der Waals surface area contributed by atoms with Crippen molar-refractivity contribution >= 4 is 17.6 Å². The number of esters is 1. The van der Waals surface area contributed by atoms with Crippen molar-refractivity contribution in [3.63, 3.8) is 0 Å². The molecule has 0 spiro atoms. The number of anilines is 1. The van der Waals surface area contributed by atoms with Crippen LogP contribution in [-0.4, -0.2) is 45.8 Å². The number of carbonyl (C=O) groups excluding carboxylic acids is 2. The van der Waals surface area contributed by atoms with E-state index in [1.165, 1.54) is 10.9 Å². The van der Waals surface area contributed by atoms with E-state index in [2.05, 4.69) is 5.10 Å². The lowest BCUT2D eigenvalue weighted by Gasteiger charge is -2.34. The van der Waals surface area contributed by atoms with Crippen LogP contribution >= 0.6 is 0 Å². The fourth-order valence-corrected chi connectivity index (χ4v) is 2.51. The van der Waals surface area contributed by atoms with Crippen molar-refractivity contribution in [2.45, 2.75) is 32.2 Å². The Kier molecular flexibility index (Phi) is 4.26. The Hall–Kier alpha value is -2.05. The van der Waals surface area contributed by atoms with Gasteiger partial charge in [-0.05, 0) is 26.2 Å². The molecular formula is C13H20N4O3. The fraction of sp³-hybridized carbons (Fsp3) is 0.615. The van der Waals surface area contributed by atoms with Gasteiger partial charge in [-0.2, -0.15) is 5.10 Å². The van der Waals surface area contributed by atoms with Gasteiger partial charge in [-0.15, -0.1) is 0 Å². The first kappa shape index (κ1) is 14.4. The molecule has 20 heavy (non-hydrogen) atoms. The van der Waals surface area contributed by atoms with Gasteiger partial charge >= 0.3 is 5.97 Å². The maximum absolute atomic E-state index is 12.6. The molecule has 2 N–H and O–H groups in total. The number of nitrogens with zero attached hydrogens (tertiary/aromatic N) is 3. The highest BCUT2D eigenvalue weighted by atomic mass is 16.5. The molecule has 0 aliphatic carbocycles. The second-order valence-corrected chi connectivity index (χ2v) is 4.83. The van der Waals surface area contributed by atoms with Crippen LogP contribution in [0.5, 0.6) is 0 Å². The second-order valence-electron chi connectivity index (χ2n) is 4.83. The molecule has 110 valence electrons. The Labute approximate surface area is 117 Å². The number of hydrogen-bond donors (Lipinski definition) is 1. The van der Waals surface area contributed by atoms with E-state index >= 15 is 0 Å². The summed E-state index contributed by atoms with van der Waals surface area (Å²) in [6, 6.07) is -0.523. The lowest BCUT2D eigenvalue weighted by molar-refractivity contribution is -0.149. The van der Waals surface area contributed by atoms with Crippen molar-refractivity contribution < 1.29 is 14.3 Å². The minimum atomic E-state index is -0.523. The van der Waals surface area contributed by atoms with Crippen LogP contribution in [0.3, 0.4) is 0 Å². The van der Waals surface area contributed by atoms with Gasteiger partial charge in [-0.3, -0.25) is 9.48 Å². The molecule has 1 fully saturated rings. The Morgan fingerprint density at radius 3 is 2.85 bits per heavy atom. The lowest BCUT2D eigenvalue weighted by atomic mass is 10.0. The average molecular weight is 280 g/mol. The van der Waals surface area contributed by atoms with E-state index < -0.39 is 6.04 Å². The first-order valence-electron chi connectivity index (χ1n) is 6.81. The van der Waals surface area contributed by atoms with Crippen LogP contribution in [0.15, 0.2) is 6.20 Å². The molecule has 2 rings (SSSR count). The summed E-state index contributed by atoms with van der Waals surface area (Å²) in [5.41, 5.74) is 6.43. The number of carbonyl (C=O) groups is 2. The van der Waals surface area contributed by atoms with Crippen LogP contribution < -0.4 is 5.73 Å². The van der Waals surface area contributed by atoms with Crippen LogP contribution in [0.4, 0.5) is 5.69 Å². The molecule has 1 atom stereocenters. The van der Waals surface area contributed by atoms with Gasteiger partial charge < -0.3 is 15.4 Å². The van der Waals surface area contributed by atoms with Crippen LogP contribution in [0.25, 0.3) is 0 Å². The summed E-state index contributed by atoms with van der Waals surface area (Å²) in [5, 5.41) is 3.97. The number of ether oxygens (including phenoxy) is 1. The van der Waals surface area contributed by atoms with Gasteiger partial charge in [0.1, 0.15) is 11.7 Å². The number of nitrogen functional groups attached to an aromatic ring is 1. The minimum Gasteiger partial charge on any atom is -0.464 e. The summed E-state index contributed by atoms with van der Waals surface area (Å²) in [6.07, 6.45) is 3.85. The number of likely N-dealkylation sites (tertiary alicyclic amines) is 1. The molecule has 1 aromatic heterocycles. The number of piperidine rings is 1. The molecular weight excluding hydrogens is 260 g/mol. The van der Waals surface area contributed by atoms with E-state index in [0.29, 0.717) is 31.0 Å². The lowest BCUT2D eigenvalue weighted by Crippen LogP contribution is -2.49. The molecule has 0 bridgehead atoms. The van der Waals surface area contributed by atoms with E-state index in [4.69, 9.17) is 10.5 Å². The maximum Gasteiger partial charge on any atom is 0.328 e. The molecule has 0 radical (unpaired) electrons. The molecule has 1 saturated heterocycles. The third-order valence-corrected chi connectivity index (χ3v) is 3.49. The maximum atomic E-state index is 12.6. The third kappa shape index (κ3) is 2.61. The van der Waals surface area contributed by atoms with Crippen LogP contribution in [0.1, 0.15) is 36.7 Å². The molecule has 2 heterocycles. The van der Waals surface area contributed by atoms with Gasteiger partial charge in [0.15, 0.2) is 0 Å². The highest BCUT2D eigenvalue weighted by Gasteiger charge is 2.35. The zero-order chi connectivity index (χ0) is 14.7. The Balaban J connectivity index is 2.24. The number of nitrogens with two attached hydrogens (primary N) is 1. The van der Waals surface area contributed by atoms with Crippen molar-refractivity contribution in [3.8, 4) is 0 Å². The predicted molar refractivity (Wildman–Crippen MR) is 72.9 cm³/mol. The van der Waals surface area contributed by atoms with Gasteiger partial charge in [0, 0.05) is 13.6 Å². The predicted octanol–water partition coefficient (Wildman–Crippen LogP) is 0.560. The minimum absolute atomic E-state index is 0.264. The molecule has 1 unspecified atom stereocenters. The Morgan fingerprint density at radius 1 is 1.50 bits per heavy atom. The fourth-order valence-electron chi connectivity index (χ4n) is 2.51. The number of aromatic nitrogens is 2. The molecule has 1 aromatic rings. The number of aryl methyl sites for hydroxylation is 1. The highest BCUT2D eigenvalue weighted by Crippen LogP contribution is 2.22. The van der Waals surface area contributed by atoms with E-state index in [1.807, 2.05) is 0 Å². The monoisotopic (exact) mass is 280 g/mol. The van der Waals surface area contributed by atoms with Crippen molar-refractivity contribution in [1.29, 1.82) is 0 Å². The summed E-state index contributed by atoms with van der Waals surface area (Å²) in [5.74, 6) is -0.610. The SMILES string of the molecule is CCOC(=O)C1CCCCN1C(=O)c1c(N)cnn1C. The first-order chi connectivity index (χ1) is 9.56. The van der Waals surface area contributed by atoms with Crippen LogP contribution in [-0.2, 0) is 16.6 Å². The zero-order valence-corrected chi connectivity index (χ0v) is 11.8. The molecule has 7 nitrogen and oxygen atoms in total. The summed E-state index contributed by atoms with van der Waals surface area (Å²) in [7, 11) is 1.66. The summed E-state index contributed by atoms with van der Waals surface area (Å²) in [4.78, 5) is 26.1. The van der Waals surface area contributed by atoms with Gasteiger partial charge in [0.05, 0.1) is 18.5 Å². The quantitative estimate of drug-likeness (QED) is 0.817. The Bertz CT molecular complexity index is 492. The average Bonchev–Trinajstić information content (AvgIpc) is 2.78. The normalized spacial score (nSPS) is 18.9. The van der Waals surface area contributed by atoms with Crippen molar-refractivity contribution in [3.05, 3.63) is 11.9 Å². The van der Waals surface area contributed by atoms with Crippen molar-refractivity contribution in [1.82, 2.24) is 14.7 Å². The van der Waals surface area contributed by atoms with Gasteiger partial charge in [-0.1, -0.05) is 0 Å². The second kappa shape index (κ2) is 5.94. The van der Waals surface area contributed by atoms with Gasteiger partial charge in [-0.25, -0.2) is 4.79 Å². The van der Waals surface area contributed by atoms with Crippen LogP contribution in [0, 0.1) is 0 Å². The molecule has 1 aliphatic rings. The summed E-state index contributed by atoms with van der Waals surface area (Å²) < 4.78 is 6.49. The largest absolute Gasteiger partial charge is 0.464 e. The Morgan fingerprint density at radius 2 is 2.25 bits per heavy atom. The zero-order valence-electron chi connectivity index (χ0n) is 11.8. The van der Waals surface area contributed by atoms with E-state index in [9.17, 15) is 9.59 Å². The van der Waals surface area contributed by atoms with Crippen LogP contribution in [0.2, 0.25) is 0 Å². The smallest absolute Gasteiger partial charge is 0.328 e. The first-order valence-corrected chi connectivity index (χ1v) is 6.81. The standard InChI is InChI=1S/C13H20N4O3/c1-3-20-13(19)10-6-4-5-7-17(10)12(18)11-9(14)8-15-16(11)2/h8,10H,3-7,14H2,1-2H3. The van der Waals surface area contributed by atoms with Crippen molar-refractivity contribution in [2.75, 3.05) is 18.9 Å². The number of hydrogen-bond acceptors (Lipinski definition) is 5. The highest BCUT2D eigenvalue weighted by molar-refractivity contribution is 5.99. The molecule has 0 aromatic carbocycles. The summed E-state index contributed by atoms with van der Waals surface area (Å²) >= 11 is 0.